The Morgan fingerprint density at radius 2 is 2.56 bits per heavy atom. The molecule has 0 aromatic heterocycles. The zero-order valence-electron chi connectivity index (χ0n) is 5.03. The Hall–Kier alpha value is 0.0300. The molecule has 52 valence electrons. The van der Waals surface area contributed by atoms with Gasteiger partial charge in [-0.3, -0.25) is 4.89 Å². The molecule has 0 aliphatic heterocycles. The van der Waals surface area contributed by atoms with Gasteiger partial charge in [-0.25, -0.2) is 4.79 Å². The minimum atomic E-state index is -0.450. The highest BCUT2D eigenvalue weighted by molar-refractivity contribution is 8.02. The summed E-state index contributed by atoms with van der Waals surface area (Å²) < 4.78 is 0. The van der Waals surface area contributed by atoms with Crippen molar-refractivity contribution in [2.75, 3.05) is 6.61 Å². The first kappa shape index (κ1) is 9.03. The average Bonchev–Trinajstić information content (AvgIpc) is 1.85. The summed E-state index contributed by atoms with van der Waals surface area (Å²) in [6, 6.07) is 0. The van der Waals surface area contributed by atoms with Crippen LogP contribution in [0.5, 0.6) is 0 Å². The van der Waals surface area contributed by atoms with E-state index in [-0.39, 0.29) is 0 Å². The third-order valence-electron chi connectivity index (χ3n) is 0.439. The van der Waals surface area contributed by atoms with Gasteiger partial charge in [0.25, 0.3) is 0 Å². The van der Waals surface area contributed by atoms with E-state index >= 15 is 0 Å². The van der Waals surface area contributed by atoms with Gasteiger partial charge in [0.2, 0.25) is 0 Å². The third kappa shape index (κ3) is 5.91. The van der Waals surface area contributed by atoms with Crippen LogP contribution in [0.3, 0.4) is 0 Å². The maximum atomic E-state index is 10.4. The molecule has 1 unspecified atom stereocenters. The molecule has 9 heavy (non-hydrogen) atoms. The number of hydrogen-bond acceptors (Lipinski definition) is 3. The maximum Gasteiger partial charge on any atom is 0.370 e. The van der Waals surface area contributed by atoms with E-state index in [1.165, 1.54) is 5.80 Å². The first-order chi connectivity index (χ1) is 4.31. The molecular formula is C4H8O3P2. The maximum absolute atomic E-state index is 10.4. The fourth-order valence-electron chi connectivity index (χ4n) is 0.199. The summed E-state index contributed by atoms with van der Waals surface area (Å²) in [6.45, 7) is 2.12. The molecule has 0 aliphatic rings. The summed E-state index contributed by atoms with van der Waals surface area (Å²) in [7, 11) is 3.14. The van der Waals surface area contributed by atoms with Gasteiger partial charge in [-0.2, -0.15) is 4.89 Å². The third-order valence-corrected chi connectivity index (χ3v) is 1.25. The van der Waals surface area contributed by atoms with Crippen LogP contribution in [0.1, 0.15) is 6.92 Å². The highest BCUT2D eigenvalue weighted by Gasteiger charge is 1.93. The van der Waals surface area contributed by atoms with Crippen LogP contribution in [0.2, 0.25) is 0 Å². The molecule has 3 nitrogen and oxygen atoms in total. The van der Waals surface area contributed by atoms with Crippen molar-refractivity contribution in [3.8, 4) is 0 Å². The van der Waals surface area contributed by atoms with Crippen molar-refractivity contribution in [1.82, 2.24) is 0 Å². The van der Waals surface area contributed by atoms with E-state index in [1.54, 1.807) is 6.92 Å². The van der Waals surface area contributed by atoms with E-state index < -0.39 is 5.97 Å². The average molecular weight is 166 g/mol. The number of carbonyl (C=O) groups is 1. The Bertz CT molecular complexity index is 112. The fraction of sp³-hybridized carbons (Fsp3) is 0.500. The fourth-order valence-corrected chi connectivity index (χ4v) is 0.729. The lowest BCUT2D eigenvalue weighted by Crippen LogP contribution is -2.04. The predicted octanol–water partition coefficient (Wildman–Crippen LogP) is 1.02. The molecule has 0 radical (unpaired) electrons. The van der Waals surface area contributed by atoms with Gasteiger partial charge >= 0.3 is 5.97 Å². The summed E-state index contributed by atoms with van der Waals surface area (Å²) in [5, 5.41) is 0. The molecule has 0 saturated heterocycles. The Balaban J connectivity index is 3.27. The van der Waals surface area contributed by atoms with Crippen LogP contribution in [0.15, 0.2) is 0 Å². The largest absolute Gasteiger partial charge is 0.370 e. The van der Waals surface area contributed by atoms with E-state index in [4.69, 9.17) is 0 Å². The molecule has 0 aromatic rings. The summed E-state index contributed by atoms with van der Waals surface area (Å²) in [5.41, 5.74) is 0. The lowest BCUT2D eigenvalue weighted by atomic mass is 10.8. The molecular weight excluding hydrogens is 158 g/mol. The van der Waals surface area contributed by atoms with Crippen molar-refractivity contribution in [2.24, 2.45) is 0 Å². The van der Waals surface area contributed by atoms with Crippen LogP contribution in [0.4, 0.5) is 0 Å². The Kier molecular flexibility index (Phi) is 6.18. The van der Waals surface area contributed by atoms with E-state index in [1.807, 2.05) is 0 Å². The second kappa shape index (κ2) is 6.15. The van der Waals surface area contributed by atoms with Gasteiger partial charge in [-0.05, 0) is 6.92 Å². The van der Waals surface area contributed by atoms with Crippen molar-refractivity contribution in [2.45, 2.75) is 6.92 Å². The second-order valence-corrected chi connectivity index (χ2v) is 2.54. The van der Waals surface area contributed by atoms with Gasteiger partial charge in [-0.15, -0.1) is 0 Å². The minimum Gasteiger partial charge on any atom is -0.293 e. The zero-order chi connectivity index (χ0) is 7.11. The lowest BCUT2D eigenvalue weighted by molar-refractivity contribution is -0.261. The SMILES string of the molecule is CCOOC(=O)C=PP. The molecule has 0 heterocycles. The van der Waals surface area contributed by atoms with Gasteiger partial charge in [0.15, 0.2) is 0 Å². The van der Waals surface area contributed by atoms with E-state index in [2.05, 4.69) is 18.7 Å². The van der Waals surface area contributed by atoms with E-state index in [9.17, 15) is 4.79 Å². The van der Waals surface area contributed by atoms with Crippen LogP contribution in [-0.4, -0.2) is 18.4 Å². The zero-order valence-corrected chi connectivity index (χ0v) is 7.08. The molecule has 0 saturated carbocycles. The summed E-state index contributed by atoms with van der Waals surface area (Å²) in [6.07, 6.45) is 0. The van der Waals surface area contributed by atoms with Crippen molar-refractivity contribution in [3.05, 3.63) is 0 Å². The summed E-state index contributed by atoms with van der Waals surface area (Å²) in [4.78, 5) is 18.9. The van der Waals surface area contributed by atoms with Crippen molar-refractivity contribution in [3.63, 3.8) is 0 Å². The van der Waals surface area contributed by atoms with Crippen LogP contribution >= 0.6 is 16.8 Å². The van der Waals surface area contributed by atoms with Crippen LogP contribution in [0.25, 0.3) is 0 Å². The Morgan fingerprint density at radius 3 is 3.00 bits per heavy atom. The molecule has 0 spiro atoms. The van der Waals surface area contributed by atoms with Crippen LogP contribution in [0, 0.1) is 0 Å². The number of rotatable bonds is 3. The van der Waals surface area contributed by atoms with Crippen LogP contribution in [-0.2, 0) is 14.6 Å². The normalized spacial score (nSPS) is 10.0. The monoisotopic (exact) mass is 166 g/mol. The highest BCUT2D eigenvalue weighted by atomic mass is 32.0. The second-order valence-electron chi connectivity index (χ2n) is 1.09. The Morgan fingerprint density at radius 1 is 1.89 bits per heavy atom. The molecule has 0 N–H and O–H groups in total. The van der Waals surface area contributed by atoms with Gasteiger partial charge in [0.05, 0.1) is 12.4 Å². The van der Waals surface area contributed by atoms with E-state index in [0.717, 1.165) is 7.89 Å². The van der Waals surface area contributed by atoms with Crippen LogP contribution < -0.4 is 0 Å². The van der Waals surface area contributed by atoms with Crippen molar-refractivity contribution < 1.29 is 14.6 Å². The number of hydrogen-bond donors (Lipinski definition) is 0. The van der Waals surface area contributed by atoms with Gasteiger partial charge < -0.3 is 0 Å². The van der Waals surface area contributed by atoms with E-state index in [0.29, 0.717) is 6.61 Å². The molecule has 5 heteroatoms. The molecule has 0 bridgehead atoms. The minimum absolute atomic E-state index is 0.382. The van der Waals surface area contributed by atoms with Crippen molar-refractivity contribution >= 4 is 28.6 Å². The molecule has 0 aromatic carbocycles. The smallest absolute Gasteiger partial charge is 0.293 e. The summed E-state index contributed by atoms with van der Waals surface area (Å²) in [5.74, 6) is 0.897. The first-order valence-corrected chi connectivity index (χ1v) is 4.96. The van der Waals surface area contributed by atoms with Crippen molar-refractivity contribution in [1.29, 1.82) is 0 Å². The topological polar surface area (TPSA) is 35.5 Å². The van der Waals surface area contributed by atoms with Gasteiger partial charge in [0, 0.05) is 0 Å². The lowest BCUT2D eigenvalue weighted by Gasteiger charge is -1.93. The molecule has 0 fully saturated rings. The highest BCUT2D eigenvalue weighted by Crippen LogP contribution is 2.03. The number of carbonyl (C=O) groups excluding carboxylic acids is 1. The quantitative estimate of drug-likeness (QED) is 0.356. The van der Waals surface area contributed by atoms with Gasteiger partial charge in [0.1, 0.15) is 0 Å². The Labute approximate surface area is 57.5 Å². The molecule has 1 atom stereocenters. The molecule has 0 aliphatic carbocycles. The first-order valence-electron chi connectivity index (χ1n) is 2.38. The molecule has 0 amide bonds. The standard InChI is InChI=1S/C4H8O3P2/c1-2-6-7-4(5)3-9-8/h3H,2,8H2,1H3. The van der Waals surface area contributed by atoms with Gasteiger partial charge in [-0.1, -0.05) is 16.8 Å². The molecule has 0 rings (SSSR count). The predicted molar refractivity (Wildman–Crippen MR) is 40.4 cm³/mol. The summed E-state index contributed by atoms with van der Waals surface area (Å²) >= 11 is 0.